The van der Waals surface area contributed by atoms with Crippen LogP contribution in [0.15, 0.2) is 25.3 Å². The molecule has 0 N–H and O–H groups in total. The van der Waals surface area contributed by atoms with Gasteiger partial charge in [-0.1, -0.05) is 12.2 Å². The van der Waals surface area contributed by atoms with Crippen molar-refractivity contribution in [2.75, 3.05) is 13.2 Å². The number of esters is 1. The van der Waals surface area contributed by atoms with E-state index in [1.165, 1.54) is 0 Å². The second-order valence-corrected chi connectivity index (χ2v) is 2.39. The van der Waals surface area contributed by atoms with E-state index in [0.717, 1.165) is 0 Å². The summed E-state index contributed by atoms with van der Waals surface area (Å²) >= 11 is 0. The van der Waals surface area contributed by atoms with Crippen LogP contribution in [-0.4, -0.2) is 25.3 Å². The summed E-state index contributed by atoms with van der Waals surface area (Å²) in [7, 11) is 0. The van der Waals surface area contributed by atoms with Gasteiger partial charge in [-0.2, -0.15) is 0 Å². The molecule has 13 heavy (non-hydrogen) atoms. The van der Waals surface area contributed by atoms with Gasteiger partial charge in [0, 0.05) is 6.42 Å². The van der Waals surface area contributed by atoms with Gasteiger partial charge in [-0.25, -0.2) is 4.79 Å². The minimum absolute atomic E-state index is 0.343. The average molecular weight is 184 g/mol. The molecule has 0 unspecified atom stereocenters. The molecule has 1 atom stereocenters. The van der Waals surface area contributed by atoms with Crippen LogP contribution in [0.4, 0.5) is 0 Å². The van der Waals surface area contributed by atoms with Crippen molar-refractivity contribution in [1.29, 1.82) is 0 Å². The second-order valence-electron chi connectivity index (χ2n) is 2.39. The Kier molecular flexibility index (Phi) is 6.92. The van der Waals surface area contributed by atoms with Crippen LogP contribution in [0.3, 0.4) is 0 Å². The fourth-order valence-electron chi connectivity index (χ4n) is 0.803. The molecule has 0 fully saturated rings. The molecule has 0 aromatic rings. The lowest BCUT2D eigenvalue weighted by Gasteiger charge is -2.13. The van der Waals surface area contributed by atoms with Crippen LogP contribution < -0.4 is 0 Å². The molecule has 0 amide bonds. The van der Waals surface area contributed by atoms with Crippen molar-refractivity contribution < 1.29 is 14.3 Å². The number of carbonyl (C=O) groups excluding carboxylic acids is 1. The average Bonchev–Trinajstić information content (AvgIpc) is 2.12. The molecule has 0 aliphatic heterocycles. The number of hydrogen-bond acceptors (Lipinski definition) is 3. The number of carbonyl (C=O) groups is 1. The number of hydrogen-bond donors (Lipinski definition) is 0. The predicted molar refractivity (Wildman–Crippen MR) is 51.4 cm³/mol. The molecule has 0 aromatic carbocycles. The smallest absolute Gasteiger partial charge is 0.335 e. The summed E-state index contributed by atoms with van der Waals surface area (Å²) in [5.74, 6) is -0.343. The highest BCUT2D eigenvalue weighted by atomic mass is 16.6. The first-order valence-corrected chi connectivity index (χ1v) is 4.26. The topological polar surface area (TPSA) is 35.5 Å². The summed E-state index contributed by atoms with van der Waals surface area (Å²) in [5, 5.41) is 0. The monoisotopic (exact) mass is 184 g/mol. The van der Waals surface area contributed by atoms with Gasteiger partial charge in [-0.15, -0.1) is 13.2 Å². The largest absolute Gasteiger partial charge is 0.464 e. The standard InChI is InChI=1S/C10H16O3/c1-4-7-9(13-8-5-2)10(11)12-6-3/h4-5,9H,1-2,6-8H2,3H3/t9-/m1/s1. The van der Waals surface area contributed by atoms with E-state index < -0.39 is 6.10 Å². The van der Waals surface area contributed by atoms with Crippen LogP contribution in [0.2, 0.25) is 0 Å². The molecule has 0 aliphatic carbocycles. The number of ether oxygens (including phenoxy) is 2. The molecule has 0 rings (SSSR count). The zero-order valence-corrected chi connectivity index (χ0v) is 7.99. The molecule has 0 saturated carbocycles. The van der Waals surface area contributed by atoms with Gasteiger partial charge >= 0.3 is 5.97 Å². The van der Waals surface area contributed by atoms with Crippen LogP contribution in [0, 0.1) is 0 Å². The summed E-state index contributed by atoms with van der Waals surface area (Å²) in [6.45, 7) is 9.50. The van der Waals surface area contributed by atoms with Gasteiger partial charge in [0.15, 0.2) is 6.10 Å². The quantitative estimate of drug-likeness (QED) is 0.446. The normalized spacial score (nSPS) is 11.8. The summed E-state index contributed by atoms with van der Waals surface area (Å²) in [4.78, 5) is 11.2. The first-order valence-electron chi connectivity index (χ1n) is 4.26. The first kappa shape index (κ1) is 11.9. The van der Waals surface area contributed by atoms with E-state index in [2.05, 4.69) is 13.2 Å². The Labute approximate surface area is 79.0 Å². The highest BCUT2D eigenvalue weighted by molar-refractivity contribution is 5.74. The fraction of sp³-hybridized carbons (Fsp3) is 0.500. The highest BCUT2D eigenvalue weighted by Gasteiger charge is 2.17. The van der Waals surface area contributed by atoms with Gasteiger partial charge in [0.25, 0.3) is 0 Å². The second kappa shape index (κ2) is 7.55. The van der Waals surface area contributed by atoms with Gasteiger partial charge in [-0.3, -0.25) is 0 Å². The zero-order valence-electron chi connectivity index (χ0n) is 7.99. The SMILES string of the molecule is C=CCO[C@H](CC=C)C(=O)OCC. The van der Waals surface area contributed by atoms with Gasteiger partial charge < -0.3 is 9.47 Å². The lowest BCUT2D eigenvalue weighted by Crippen LogP contribution is -2.26. The molecule has 0 aromatic heterocycles. The van der Waals surface area contributed by atoms with E-state index in [4.69, 9.17) is 9.47 Å². The van der Waals surface area contributed by atoms with E-state index in [1.807, 2.05) is 0 Å². The highest BCUT2D eigenvalue weighted by Crippen LogP contribution is 2.02. The molecule has 3 heteroatoms. The third-order valence-electron chi connectivity index (χ3n) is 1.35. The molecule has 74 valence electrons. The van der Waals surface area contributed by atoms with Gasteiger partial charge in [-0.05, 0) is 6.92 Å². The molecule has 0 heterocycles. The Morgan fingerprint density at radius 1 is 1.46 bits per heavy atom. The van der Waals surface area contributed by atoms with Crippen molar-refractivity contribution in [3.8, 4) is 0 Å². The summed E-state index contributed by atoms with van der Waals surface area (Å²) in [6.07, 6.45) is 3.14. The van der Waals surface area contributed by atoms with E-state index >= 15 is 0 Å². The van der Waals surface area contributed by atoms with Crippen LogP contribution in [0.5, 0.6) is 0 Å². The lowest BCUT2D eigenvalue weighted by molar-refractivity contribution is -0.155. The van der Waals surface area contributed by atoms with Crippen molar-refractivity contribution in [2.24, 2.45) is 0 Å². The molecule has 0 spiro atoms. The van der Waals surface area contributed by atoms with Crippen LogP contribution in [0.25, 0.3) is 0 Å². The summed E-state index contributed by atoms with van der Waals surface area (Å²) in [5.41, 5.74) is 0. The third-order valence-corrected chi connectivity index (χ3v) is 1.35. The van der Waals surface area contributed by atoms with Gasteiger partial charge in [0.1, 0.15) is 0 Å². The maximum atomic E-state index is 11.2. The van der Waals surface area contributed by atoms with E-state index in [-0.39, 0.29) is 5.97 Å². The van der Waals surface area contributed by atoms with Crippen molar-refractivity contribution in [3.63, 3.8) is 0 Å². The minimum Gasteiger partial charge on any atom is -0.464 e. The maximum absolute atomic E-state index is 11.2. The minimum atomic E-state index is -0.546. The molecule has 3 nitrogen and oxygen atoms in total. The number of rotatable bonds is 7. The molecular weight excluding hydrogens is 168 g/mol. The van der Waals surface area contributed by atoms with E-state index in [9.17, 15) is 4.79 Å². The summed E-state index contributed by atoms with van der Waals surface area (Å²) in [6, 6.07) is 0. The third kappa shape index (κ3) is 5.20. The fourth-order valence-corrected chi connectivity index (χ4v) is 0.803. The van der Waals surface area contributed by atoms with Crippen LogP contribution in [-0.2, 0) is 14.3 Å². The molecule has 0 bridgehead atoms. The predicted octanol–water partition coefficient (Wildman–Crippen LogP) is 1.70. The molecule has 0 saturated heterocycles. The Hall–Kier alpha value is -1.09. The maximum Gasteiger partial charge on any atom is 0.335 e. The van der Waals surface area contributed by atoms with Crippen molar-refractivity contribution in [2.45, 2.75) is 19.4 Å². The Morgan fingerprint density at radius 3 is 2.62 bits per heavy atom. The molecular formula is C10H16O3. The van der Waals surface area contributed by atoms with Gasteiger partial charge in [0.05, 0.1) is 13.2 Å². The van der Waals surface area contributed by atoms with E-state index in [1.54, 1.807) is 19.1 Å². The lowest BCUT2D eigenvalue weighted by atomic mass is 10.2. The van der Waals surface area contributed by atoms with Crippen molar-refractivity contribution >= 4 is 5.97 Å². The van der Waals surface area contributed by atoms with Crippen LogP contribution in [0.1, 0.15) is 13.3 Å². The van der Waals surface area contributed by atoms with Crippen molar-refractivity contribution in [3.05, 3.63) is 25.3 Å². The van der Waals surface area contributed by atoms with Gasteiger partial charge in [0.2, 0.25) is 0 Å². The van der Waals surface area contributed by atoms with Crippen molar-refractivity contribution in [1.82, 2.24) is 0 Å². The Morgan fingerprint density at radius 2 is 2.15 bits per heavy atom. The molecule has 0 radical (unpaired) electrons. The van der Waals surface area contributed by atoms with Crippen LogP contribution >= 0.6 is 0 Å². The first-order chi connectivity index (χ1) is 6.26. The van der Waals surface area contributed by atoms with E-state index in [0.29, 0.717) is 19.6 Å². The Bertz CT molecular complexity index is 175. The zero-order chi connectivity index (χ0) is 10.1. The Balaban J connectivity index is 3.97. The summed E-state index contributed by atoms with van der Waals surface area (Å²) < 4.78 is 9.99. The molecule has 0 aliphatic rings.